The van der Waals surface area contributed by atoms with Gasteiger partial charge in [-0.25, -0.2) is 0 Å². The zero-order valence-electron chi connectivity index (χ0n) is 11.7. The van der Waals surface area contributed by atoms with Crippen LogP contribution in [0.15, 0.2) is 24.4 Å². The Morgan fingerprint density at radius 3 is 2.58 bits per heavy atom. The molecule has 0 spiro atoms. The maximum atomic E-state index is 11.5. The molecule has 1 N–H and O–H groups in total. The molecule has 1 aromatic heterocycles. The minimum atomic E-state index is -0.798. The summed E-state index contributed by atoms with van der Waals surface area (Å²) in [7, 11) is 3.53. The van der Waals surface area contributed by atoms with Crippen LogP contribution in [0.4, 0.5) is 0 Å². The van der Waals surface area contributed by atoms with Crippen LogP contribution in [-0.4, -0.2) is 22.8 Å². The quantitative estimate of drug-likeness (QED) is 0.920. The van der Waals surface area contributed by atoms with E-state index in [0.29, 0.717) is 0 Å². The summed E-state index contributed by atoms with van der Waals surface area (Å²) in [5.41, 5.74) is 1.80. The second kappa shape index (κ2) is 4.96. The number of benzene rings is 1. The number of methoxy groups -OCH3 is 1. The number of hydrogen-bond acceptors (Lipinski definition) is 2. The van der Waals surface area contributed by atoms with Crippen LogP contribution in [0.1, 0.15) is 25.3 Å². The minimum Gasteiger partial charge on any atom is -0.496 e. The van der Waals surface area contributed by atoms with Crippen LogP contribution in [0.5, 0.6) is 5.75 Å². The third-order valence-corrected chi connectivity index (χ3v) is 3.49. The average molecular weight is 261 g/mol. The van der Waals surface area contributed by atoms with Crippen molar-refractivity contribution >= 4 is 16.9 Å². The van der Waals surface area contributed by atoms with E-state index in [0.717, 1.165) is 22.2 Å². The van der Waals surface area contributed by atoms with Crippen molar-refractivity contribution in [2.75, 3.05) is 7.11 Å². The molecular formula is C15H19NO3. The Morgan fingerprint density at radius 1 is 1.37 bits per heavy atom. The van der Waals surface area contributed by atoms with Gasteiger partial charge in [-0.1, -0.05) is 19.9 Å². The van der Waals surface area contributed by atoms with Gasteiger partial charge in [0, 0.05) is 18.6 Å². The summed E-state index contributed by atoms with van der Waals surface area (Å²) in [6, 6.07) is 5.75. The number of carboxylic acids is 1. The highest BCUT2D eigenvalue weighted by molar-refractivity contribution is 5.94. The van der Waals surface area contributed by atoms with E-state index in [9.17, 15) is 9.90 Å². The first kappa shape index (κ1) is 13.5. The molecule has 0 aliphatic rings. The van der Waals surface area contributed by atoms with E-state index < -0.39 is 11.9 Å². The van der Waals surface area contributed by atoms with Gasteiger partial charge in [0.15, 0.2) is 0 Å². The largest absolute Gasteiger partial charge is 0.496 e. The predicted octanol–water partition coefficient (Wildman–Crippen LogP) is 3.01. The number of rotatable bonds is 4. The fourth-order valence-electron chi connectivity index (χ4n) is 2.63. The third kappa shape index (κ3) is 2.18. The lowest BCUT2D eigenvalue weighted by Crippen LogP contribution is -2.17. The van der Waals surface area contributed by atoms with Gasteiger partial charge in [0.05, 0.1) is 18.5 Å². The van der Waals surface area contributed by atoms with Gasteiger partial charge in [-0.2, -0.15) is 0 Å². The third-order valence-electron chi connectivity index (χ3n) is 3.49. The van der Waals surface area contributed by atoms with Crippen molar-refractivity contribution in [2.24, 2.45) is 13.0 Å². The van der Waals surface area contributed by atoms with Crippen molar-refractivity contribution < 1.29 is 14.6 Å². The van der Waals surface area contributed by atoms with Crippen LogP contribution in [-0.2, 0) is 11.8 Å². The fraction of sp³-hybridized carbons (Fsp3) is 0.400. The molecule has 4 heteroatoms. The molecule has 1 aromatic carbocycles. The fourth-order valence-corrected chi connectivity index (χ4v) is 2.63. The van der Waals surface area contributed by atoms with Gasteiger partial charge in [-0.05, 0) is 23.6 Å². The summed E-state index contributed by atoms with van der Waals surface area (Å²) in [5.74, 6) is -0.582. The van der Waals surface area contributed by atoms with Gasteiger partial charge in [0.1, 0.15) is 5.75 Å². The summed E-state index contributed by atoms with van der Waals surface area (Å²) in [6.45, 7) is 3.85. The predicted molar refractivity (Wildman–Crippen MR) is 74.7 cm³/mol. The monoisotopic (exact) mass is 261 g/mol. The van der Waals surface area contributed by atoms with E-state index in [4.69, 9.17) is 4.74 Å². The molecule has 19 heavy (non-hydrogen) atoms. The first-order valence-corrected chi connectivity index (χ1v) is 6.32. The summed E-state index contributed by atoms with van der Waals surface area (Å²) in [4.78, 5) is 11.5. The Hall–Kier alpha value is -1.97. The van der Waals surface area contributed by atoms with Crippen molar-refractivity contribution in [1.82, 2.24) is 4.57 Å². The zero-order chi connectivity index (χ0) is 14.2. The van der Waals surface area contributed by atoms with E-state index in [-0.39, 0.29) is 5.92 Å². The molecule has 0 saturated carbocycles. The molecule has 2 aromatic rings. The highest BCUT2D eigenvalue weighted by Gasteiger charge is 2.28. The average Bonchev–Trinajstić information content (AvgIpc) is 2.66. The van der Waals surface area contributed by atoms with E-state index in [1.165, 1.54) is 0 Å². The van der Waals surface area contributed by atoms with Crippen molar-refractivity contribution in [1.29, 1.82) is 0 Å². The maximum absolute atomic E-state index is 11.5. The van der Waals surface area contributed by atoms with Gasteiger partial charge in [-0.15, -0.1) is 0 Å². The lowest BCUT2D eigenvalue weighted by molar-refractivity contribution is -0.139. The van der Waals surface area contributed by atoms with E-state index in [1.54, 1.807) is 7.11 Å². The summed E-state index contributed by atoms with van der Waals surface area (Å²) >= 11 is 0. The number of nitrogens with zero attached hydrogens (tertiary/aromatic N) is 1. The highest BCUT2D eigenvalue weighted by atomic mass is 16.5. The van der Waals surface area contributed by atoms with Gasteiger partial charge >= 0.3 is 5.97 Å². The number of aromatic nitrogens is 1. The lowest BCUT2D eigenvalue weighted by Gasteiger charge is -2.16. The molecule has 0 amide bonds. The Labute approximate surface area is 112 Å². The molecule has 102 valence electrons. The van der Waals surface area contributed by atoms with Crippen LogP contribution in [0.25, 0.3) is 10.9 Å². The Balaban J connectivity index is 2.76. The first-order valence-electron chi connectivity index (χ1n) is 6.32. The molecule has 2 rings (SSSR count). The van der Waals surface area contributed by atoms with Gasteiger partial charge in [0.25, 0.3) is 0 Å². The number of ether oxygens (including phenoxy) is 1. The molecule has 1 heterocycles. The zero-order valence-corrected chi connectivity index (χ0v) is 11.7. The highest BCUT2D eigenvalue weighted by Crippen LogP contribution is 2.37. The van der Waals surface area contributed by atoms with E-state index in [2.05, 4.69) is 0 Å². The molecule has 0 saturated heterocycles. The molecule has 0 radical (unpaired) electrons. The summed E-state index contributed by atoms with van der Waals surface area (Å²) < 4.78 is 7.33. The number of fused-ring (bicyclic) bond motifs is 1. The molecule has 1 atom stereocenters. The smallest absolute Gasteiger partial charge is 0.311 e. The SMILES string of the molecule is COc1cccc2c1c(C(C(=O)O)C(C)C)cn2C. The minimum absolute atomic E-state index is 0.0213. The molecule has 1 unspecified atom stereocenters. The van der Waals surface area contributed by atoms with E-state index >= 15 is 0 Å². The molecular weight excluding hydrogens is 242 g/mol. The van der Waals surface area contributed by atoms with Gasteiger partial charge in [-0.3, -0.25) is 4.79 Å². The Morgan fingerprint density at radius 2 is 2.05 bits per heavy atom. The Kier molecular flexibility index (Phi) is 3.51. The lowest BCUT2D eigenvalue weighted by atomic mass is 9.88. The number of carboxylic acid groups (broad SMARTS) is 1. The van der Waals surface area contributed by atoms with Crippen molar-refractivity contribution in [3.05, 3.63) is 30.0 Å². The molecule has 0 aliphatic carbocycles. The van der Waals surface area contributed by atoms with Crippen LogP contribution in [0.3, 0.4) is 0 Å². The number of carbonyl (C=O) groups is 1. The molecule has 0 aliphatic heterocycles. The van der Waals surface area contributed by atoms with Crippen LogP contribution >= 0.6 is 0 Å². The first-order chi connectivity index (χ1) is 8.97. The molecule has 0 bridgehead atoms. The van der Waals surface area contributed by atoms with Crippen molar-refractivity contribution in [3.63, 3.8) is 0 Å². The normalized spacial score (nSPS) is 12.9. The van der Waals surface area contributed by atoms with Crippen molar-refractivity contribution in [3.8, 4) is 5.75 Å². The number of aryl methyl sites for hydroxylation is 1. The maximum Gasteiger partial charge on any atom is 0.311 e. The number of aliphatic carboxylic acids is 1. The number of hydrogen-bond donors (Lipinski definition) is 1. The molecule has 4 nitrogen and oxygen atoms in total. The van der Waals surface area contributed by atoms with Crippen LogP contribution in [0, 0.1) is 5.92 Å². The van der Waals surface area contributed by atoms with Crippen molar-refractivity contribution in [2.45, 2.75) is 19.8 Å². The van der Waals surface area contributed by atoms with Crippen LogP contribution < -0.4 is 4.74 Å². The summed E-state index contributed by atoms with van der Waals surface area (Å²) in [5, 5.41) is 10.4. The Bertz CT molecular complexity index is 613. The van der Waals surface area contributed by atoms with Crippen LogP contribution in [0.2, 0.25) is 0 Å². The standard InChI is InChI=1S/C15H19NO3/c1-9(2)13(15(17)18)10-8-16(3)11-6-5-7-12(19-4)14(10)11/h5-9,13H,1-4H3,(H,17,18). The second-order valence-electron chi connectivity index (χ2n) is 5.11. The second-order valence-corrected chi connectivity index (χ2v) is 5.11. The summed E-state index contributed by atoms with van der Waals surface area (Å²) in [6.07, 6.45) is 1.89. The van der Waals surface area contributed by atoms with Gasteiger partial charge in [0.2, 0.25) is 0 Å². The topological polar surface area (TPSA) is 51.5 Å². The van der Waals surface area contributed by atoms with E-state index in [1.807, 2.05) is 49.9 Å². The van der Waals surface area contributed by atoms with Gasteiger partial charge < -0.3 is 14.4 Å². The molecule has 0 fully saturated rings.